The predicted octanol–water partition coefficient (Wildman–Crippen LogP) is 2.09. The van der Waals surface area contributed by atoms with Crippen molar-refractivity contribution in [1.29, 1.82) is 0 Å². The van der Waals surface area contributed by atoms with Gasteiger partial charge in [0.1, 0.15) is 5.71 Å². The van der Waals surface area contributed by atoms with E-state index in [2.05, 4.69) is 4.99 Å². The summed E-state index contributed by atoms with van der Waals surface area (Å²) in [6.45, 7) is 7.31. The molecule has 1 amide bonds. The highest BCUT2D eigenvalue weighted by Crippen LogP contribution is 2.28. The van der Waals surface area contributed by atoms with E-state index >= 15 is 0 Å². The zero-order chi connectivity index (χ0) is 11.6. The van der Waals surface area contributed by atoms with Gasteiger partial charge in [0.05, 0.1) is 0 Å². The lowest BCUT2D eigenvalue weighted by molar-refractivity contribution is -0.116. The van der Waals surface area contributed by atoms with Crippen LogP contribution in [-0.2, 0) is 9.59 Å². The van der Waals surface area contributed by atoms with Crippen LogP contribution in [0.2, 0.25) is 0 Å². The monoisotopic (exact) mass is 205 g/mol. The summed E-state index contributed by atoms with van der Waals surface area (Å²) in [4.78, 5) is 26.3. The van der Waals surface area contributed by atoms with E-state index in [-0.39, 0.29) is 22.8 Å². The molecule has 0 saturated carbocycles. The third-order valence-corrected chi connectivity index (χ3v) is 2.08. The van der Waals surface area contributed by atoms with Crippen molar-refractivity contribution in [3.05, 3.63) is 23.8 Å². The van der Waals surface area contributed by atoms with Gasteiger partial charge in [0, 0.05) is 6.92 Å². The van der Waals surface area contributed by atoms with Gasteiger partial charge in [-0.15, -0.1) is 0 Å². The zero-order valence-corrected chi connectivity index (χ0v) is 9.50. The Morgan fingerprint density at radius 1 is 1.33 bits per heavy atom. The minimum absolute atomic E-state index is 0.186. The van der Waals surface area contributed by atoms with E-state index in [1.54, 1.807) is 6.08 Å². The molecule has 0 heterocycles. The zero-order valence-electron chi connectivity index (χ0n) is 9.50. The maximum absolute atomic E-state index is 11.6. The van der Waals surface area contributed by atoms with Crippen molar-refractivity contribution in [2.24, 2.45) is 10.4 Å². The molecule has 1 rings (SSSR count). The number of ketones is 1. The van der Waals surface area contributed by atoms with E-state index in [9.17, 15) is 9.59 Å². The van der Waals surface area contributed by atoms with Crippen molar-refractivity contribution in [3.63, 3.8) is 0 Å². The van der Waals surface area contributed by atoms with Gasteiger partial charge in [-0.3, -0.25) is 9.59 Å². The molecule has 3 nitrogen and oxygen atoms in total. The Bertz CT molecular complexity index is 392. The Morgan fingerprint density at radius 3 is 2.40 bits per heavy atom. The van der Waals surface area contributed by atoms with Crippen molar-refractivity contribution in [3.8, 4) is 0 Å². The summed E-state index contributed by atoms with van der Waals surface area (Å²) >= 11 is 0. The fourth-order valence-electron chi connectivity index (χ4n) is 1.40. The second-order valence-corrected chi connectivity index (χ2v) is 4.53. The predicted molar refractivity (Wildman–Crippen MR) is 59.8 cm³/mol. The minimum atomic E-state index is -0.344. The van der Waals surface area contributed by atoms with Crippen LogP contribution in [0.15, 0.2) is 28.8 Å². The SMILES string of the molecule is CC(=O)N=C1C(=O)C=CC=C1C(C)(C)C. The van der Waals surface area contributed by atoms with Crippen LogP contribution in [0.3, 0.4) is 0 Å². The van der Waals surface area contributed by atoms with Gasteiger partial charge in [-0.05, 0) is 17.1 Å². The first-order valence-electron chi connectivity index (χ1n) is 4.85. The molecule has 1 aliphatic carbocycles. The molecule has 0 fully saturated rings. The van der Waals surface area contributed by atoms with Crippen molar-refractivity contribution < 1.29 is 9.59 Å². The molecule has 80 valence electrons. The number of allylic oxidation sites excluding steroid dienone is 4. The lowest BCUT2D eigenvalue weighted by atomic mass is 9.80. The Labute approximate surface area is 89.6 Å². The van der Waals surface area contributed by atoms with E-state index in [4.69, 9.17) is 0 Å². The van der Waals surface area contributed by atoms with E-state index in [1.165, 1.54) is 13.0 Å². The molecule has 15 heavy (non-hydrogen) atoms. The molecular weight excluding hydrogens is 190 g/mol. The summed E-state index contributed by atoms with van der Waals surface area (Å²) in [6, 6.07) is 0. The number of carbonyl (C=O) groups is 2. The Kier molecular flexibility index (Phi) is 3.03. The smallest absolute Gasteiger partial charge is 0.243 e. The van der Waals surface area contributed by atoms with Gasteiger partial charge in [-0.2, -0.15) is 0 Å². The molecule has 0 radical (unpaired) electrons. The van der Waals surface area contributed by atoms with Gasteiger partial charge in [0.25, 0.3) is 0 Å². The maximum Gasteiger partial charge on any atom is 0.243 e. The fourth-order valence-corrected chi connectivity index (χ4v) is 1.40. The first kappa shape index (κ1) is 11.6. The number of aliphatic imine (C=N–C) groups is 1. The number of hydrogen-bond donors (Lipinski definition) is 0. The molecule has 0 aliphatic heterocycles. The quantitative estimate of drug-likeness (QED) is 0.568. The molecule has 1 aliphatic rings. The van der Waals surface area contributed by atoms with Crippen LogP contribution in [0.1, 0.15) is 27.7 Å². The van der Waals surface area contributed by atoms with Crippen LogP contribution in [0.5, 0.6) is 0 Å². The Morgan fingerprint density at radius 2 is 1.93 bits per heavy atom. The number of nitrogens with zero attached hydrogens (tertiary/aromatic N) is 1. The summed E-state index contributed by atoms with van der Waals surface area (Å²) < 4.78 is 0. The average molecular weight is 205 g/mol. The normalized spacial score (nSPS) is 19.3. The summed E-state index contributed by atoms with van der Waals surface area (Å²) in [7, 11) is 0. The molecular formula is C12H15NO2. The highest BCUT2D eigenvalue weighted by molar-refractivity contribution is 6.51. The molecule has 3 heteroatoms. The van der Waals surface area contributed by atoms with Crippen molar-refractivity contribution in [1.82, 2.24) is 0 Å². The van der Waals surface area contributed by atoms with Gasteiger partial charge in [-0.25, -0.2) is 4.99 Å². The maximum atomic E-state index is 11.6. The summed E-state index contributed by atoms with van der Waals surface area (Å²) in [5.74, 6) is -0.540. The molecule has 0 aromatic heterocycles. The molecule has 0 N–H and O–H groups in total. The van der Waals surface area contributed by atoms with Gasteiger partial charge in [-0.1, -0.05) is 32.9 Å². The van der Waals surface area contributed by atoms with Crippen LogP contribution < -0.4 is 0 Å². The number of rotatable bonds is 0. The van der Waals surface area contributed by atoms with Crippen molar-refractivity contribution in [2.45, 2.75) is 27.7 Å². The molecule has 0 saturated heterocycles. The van der Waals surface area contributed by atoms with Crippen LogP contribution in [0.25, 0.3) is 0 Å². The van der Waals surface area contributed by atoms with E-state index in [0.29, 0.717) is 0 Å². The van der Waals surface area contributed by atoms with Gasteiger partial charge in [0.15, 0.2) is 0 Å². The topological polar surface area (TPSA) is 46.5 Å². The third-order valence-electron chi connectivity index (χ3n) is 2.08. The van der Waals surface area contributed by atoms with Crippen LogP contribution in [0, 0.1) is 5.41 Å². The van der Waals surface area contributed by atoms with Crippen LogP contribution >= 0.6 is 0 Å². The number of amides is 1. The average Bonchev–Trinajstić information content (AvgIpc) is 2.05. The largest absolute Gasteiger partial charge is 0.288 e. The lowest BCUT2D eigenvalue weighted by Gasteiger charge is -2.24. The molecule has 0 atom stereocenters. The molecule has 0 aromatic rings. The van der Waals surface area contributed by atoms with Gasteiger partial charge < -0.3 is 0 Å². The van der Waals surface area contributed by atoms with Crippen LogP contribution in [0.4, 0.5) is 0 Å². The number of carbonyl (C=O) groups excluding carboxylic acids is 2. The third kappa shape index (κ3) is 2.72. The number of hydrogen-bond acceptors (Lipinski definition) is 2. The lowest BCUT2D eigenvalue weighted by Crippen LogP contribution is -2.26. The highest BCUT2D eigenvalue weighted by atomic mass is 16.1. The molecule has 0 spiro atoms. The summed E-state index contributed by atoms with van der Waals surface area (Å²) in [5.41, 5.74) is 0.900. The van der Waals surface area contributed by atoms with Crippen molar-refractivity contribution >= 4 is 17.4 Å². The van der Waals surface area contributed by atoms with Gasteiger partial charge in [0.2, 0.25) is 11.7 Å². The summed E-state index contributed by atoms with van der Waals surface area (Å²) in [6.07, 6.45) is 4.96. The standard InChI is InChI=1S/C12H15NO2/c1-8(14)13-11-9(12(2,3)4)6-5-7-10(11)15/h5-7H,1-4H3. The highest BCUT2D eigenvalue weighted by Gasteiger charge is 2.27. The Hall–Kier alpha value is -1.51. The first-order chi connectivity index (χ1) is 6.82. The Balaban J connectivity index is 3.23. The minimum Gasteiger partial charge on any atom is -0.288 e. The molecule has 0 unspecified atom stereocenters. The van der Waals surface area contributed by atoms with E-state index in [1.807, 2.05) is 26.8 Å². The molecule has 0 bridgehead atoms. The van der Waals surface area contributed by atoms with Crippen molar-refractivity contribution in [2.75, 3.05) is 0 Å². The van der Waals surface area contributed by atoms with Crippen LogP contribution in [-0.4, -0.2) is 17.4 Å². The van der Waals surface area contributed by atoms with E-state index < -0.39 is 0 Å². The first-order valence-corrected chi connectivity index (χ1v) is 4.85. The summed E-state index contributed by atoms with van der Waals surface area (Å²) in [5, 5.41) is 0. The second kappa shape index (κ2) is 3.93. The fraction of sp³-hybridized carbons (Fsp3) is 0.417. The van der Waals surface area contributed by atoms with E-state index in [0.717, 1.165) is 5.57 Å². The molecule has 0 aromatic carbocycles. The second-order valence-electron chi connectivity index (χ2n) is 4.53. The van der Waals surface area contributed by atoms with Gasteiger partial charge >= 0.3 is 0 Å².